The molecule has 3 N–H and O–H groups in total. The first-order valence-electron chi connectivity index (χ1n) is 12.9. The van der Waals surface area contributed by atoms with Crippen molar-refractivity contribution in [3.63, 3.8) is 0 Å². The number of rotatable bonds is 12. The second-order valence-corrected chi connectivity index (χ2v) is 9.39. The number of nitrogens with zero attached hydrogens (tertiary/aromatic N) is 4. The van der Waals surface area contributed by atoms with Gasteiger partial charge in [0.25, 0.3) is 5.91 Å². The highest BCUT2D eigenvalue weighted by molar-refractivity contribution is 5.99. The van der Waals surface area contributed by atoms with E-state index in [1.165, 1.54) is 7.11 Å². The van der Waals surface area contributed by atoms with Crippen LogP contribution in [-0.2, 0) is 22.6 Å². The first-order valence-corrected chi connectivity index (χ1v) is 12.9. The number of hydrogen-bond donors (Lipinski definition) is 2. The molecule has 0 bridgehead atoms. The van der Waals surface area contributed by atoms with Crippen molar-refractivity contribution >= 4 is 17.8 Å². The molecule has 2 amide bonds. The molecule has 2 aromatic carbocycles. The Balaban J connectivity index is 1.82. The Morgan fingerprint density at radius 2 is 1.82 bits per heavy atom. The number of methoxy groups -OCH3 is 2. The SMILES string of the molecule is CCC(C)CC(N=C(N)NC(=O)Cc1ccc(OC)c(OC)c1)C(=O)N(Cc1ccccc1)n1ccnc1C. The standard InChI is InChI=1S/C29H38N6O4/c1-6-20(2)16-24(28(37)35(34-15-14-31-21(34)3)19-22-10-8-7-9-11-22)32-29(30)33-27(36)18-23-12-13-25(38-4)26(17-23)39-5/h7-15,17,20,24H,6,16,18-19H2,1-5H3,(H3,30,32,33,36). The van der Waals surface area contributed by atoms with Crippen LogP contribution in [0, 0.1) is 12.8 Å². The smallest absolute Gasteiger partial charge is 0.266 e. The number of imidazole rings is 1. The van der Waals surface area contributed by atoms with E-state index in [4.69, 9.17) is 15.2 Å². The van der Waals surface area contributed by atoms with Crippen LogP contribution in [0.1, 0.15) is 43.6 Å². The Labute approximate surface area is 229 Å². The van der Waals surface area contributed by atoms with Gasteiger partial charge in [-0.2, -0.15) is 0 Å². The summed E-state index contributed by atoms with van der Waals surface area (Å²) in [6.45, 7) is 6.29. The van der Waals surface area contributed by atoms with Gasteiger partial charge in [0, 0.05) is 12.4 Å². The van der Waals surface area contributed by atoms with Gasteiger partial charge in [-0.15, -0.1) is 0 Å². The van der Waals surface area contributed by atoms with Gasteiger partial charge < -0.3 is 15.2 Å². The Morgan fingerprint density at radius 3 is 2.44 bits per heavy atom. The molecule has 3 rings (SSSR count). The van der Waals surface area contributed by atoms with Crippen molar-refractivity contribution in [1.82, 2.24) is 15.0 Å². The molecule has 2 unspecified atom stereocenters. The Kier molecular flexibility index (Phi) is 10.5. The molecule has 0 spiro atoms. The lowest BCUT2D eigenvalue weighted by Crippen LogP contribution is -2.47. The van der Waals surface area contributed by atoms with Gasteiger partial charge >= 0.3 is 0 Å². The van der Waals surface area contributed by atoms with Crippen LogP contribution in [0.5, 0.6) is 11.5 Å². The molecule has 0 aliphatic rings. The highest BCUT2D eigenvalue weighted by atomic mass is 16.5. The number of aliphatic imine (C=N–C) groups is 1. The Morgan fingerprint density at radius 1 is 1.10 bits per heavy atom. The summed E-state index contributed by atoms with van der Waals surface area (Å²) in [5, 5.41) is 4.25. The van der Waals surface area contributed by atoms with Crippen LogP contribution in [0.2, 0.25) is 0 Å². The predicted octanol–water partition coefficient (Wildman–Crippen LogP) is 3.35. The normalized spacial score (nSPS) is 12.9. The Hall–Kier alpha value is -4.34. The van der Waals surface area contributed by atoms with Crippen molar-refractivity contribution in [3.8, 4) is 11.5 Å². The second kappa shape index (κ2) is 14.0. The van der Waals surface area contributed by atoms with E-state index in [0.29, 0.717) is 30.3 Å². The monoisotopic (exact) mass is 534 g/mol. The zero-order valence-electron chi connectivity index (χ0n) is 23.3. The third-order valence-corrected chi connectivity index (χ3v) is 6.47. The van der Waals surface area contributed by atoms with Crippen molar-refractivity contribution in [1.29, 1.82) is 0 Å². The summed E-state index contributed by atoms with van der Waals surface area (Å²) in [6.07, 6.45) is 4.79. The first kappa shape index (κ1) is 29.2. The molecule has 10 heteroatoms. The van der Waals surface area contributed by atoms with Gasteiger partial charge in [0.05, 0.1) is 27.2 Å². The van der Waals surface area contributed by atoms with Gasteiger partial charge in [-0.1, -0.05) is 56.7 Å². The molecule has 39 heavy (non-hydrogen) atoms. The molecule has 0 fully saturated rings. The fourth-order valence-corrected chi connectivity index (χ4v) is 4.13. The van der Waals surface area contributed by atoms with Crippen LogP contribution < -0.4 is 25.5 Å². The molecule has 1 aromatic heterocycles. The van der Waals surface area contributed by atoms with E-state index in [0.717, 1.165) is 17.5 Å². The maximum atomic E-state index is 14.0. The maximum Gasteiger partial charge on any atom is 0.266 e. The predicted molar refractivity (Wildman–Crippen MR) is 151 cm³/mol. The lowest BCUT2D eigenvalue weighted by Gasteiger charge is -2.28. The van der Waals surface area contributed by atoms with Gasteiger partial charge in [-0.25, -0.2) is 19.7 Å². The molecule has 10 nitrogen and oxygen atoms in total. The van der Waals surface area contributed by atoms with Crippen LogP contribution >= 0.6 is 0 Å². The summed E-state index contributed by atoms with van der Waals surface area (Å²) >= 11 is 0. The van der Waals surface area contributed by atoms with Gasteiger partial charge in [0.15, 0.2) is 17.5 Å². The van der Waals surface area contributed by atoms with E-state index in [-0.39, 0.29) is 30.1 Å². The molecule has 0 aliphatic carbocycles. The van der Waals surface area contributed by atoms with Crippen molar-refractivity contribution in [2.75, 3.05) is 19.2 Å². The highest BCUT2D eigenvalue weighted by Gasteiger charge is 2.28. The maximum absolute atomic E-state index is 14.0. The van der Waals surface area contributed by atoms with Crippen LogP contribution in [0.4, 0.5) is 0 Å². The number of hydrogen-bond acceptors (Lipinski definition) is 6. The van der Waals surface area contributed by atoms with Crippen LogP contribution in [0.25, 0.3) is 0 Å². The van der Waals surface area contributed by atoms with Crippen molar-refractivity contribution in [2.45, 2.75) is 52.6 Å². The third kappa shape index (κ3) is 8.07. The van der Waals surface area contributed by atoms with E-state index in [1.54, 1.807) is 47.4 Å². The van der Waals surface area contributed by atoms with E-state index >= 15 is 0 Å². The second-order valence-electron chi connectivity index (χ2n) is 9.39. The molecule has 0 saturated carbocycles. The number of nitrogens with two attached hydrogens (primary N) is 1. The number of benzene rings is 2. The van der Waals surface area contributed by atoms with E-state index in [9.17, 15) is 9.59 Å². The van der Waals surface area contributed by atoms with Crippen molar-refractivity contribution in [2.24, 2.45) is 16.6 Å². The number of guanidine groups is 1. The van der Waals surface area contributed by atoms with Crippen LogP contribution in [0.15, 0.2) is 65.9 Å². The number of nitrogens with one attached hydrogen (secondary N) is 1. The molecular formula is C29H38N6O4. The lowest BCUT2D eigenvalue weighted by molar-refractivity contribution is -0.122. The number of carbonyl (C=O) groups excluding carboxylic acids is 2. The number of amides is 2. The Bertz CT molecular complexity index is 1270. The zero-order valence-corrected chi connectivity index (χ0v) is 23.3. The third-order valence-electron chi connectivity index (χ3n) is 6.47. The van der Waals surface area contributed by atoms with Crippen LogP contribution in [-0.4, -0.2) is 47.7 Å². The minimum Gasteiger partial charge on any atom is -0.493 e. The quantitative estimate of drug-likeness (QED) is 0.271. The zero-order chi connectivity index (χ0) is 28.4. The average Bonchev–Trinajstić information content (AvgIpc) is 3.36. The number of carbonyl (C=O) groups is 2. The molecule has 208 valence electrons. The van der Waals surface area contributed by atoms with Gasteiger partial charge in [0.1, 0.15) is 11.9 Å². The summed E-state index contributed by atoms with van der Waals surface area (Å²) in [6, 6.07) is 14.2. The summed E-state index contributed by atoms with van der Waals surface area (Å²) in [5.41, 5.74) is 7.85. The fourth-order valence-electron chi connectivity index (χ4n) is 4.13. The van der Waals surface area contributed by atoms with Gasteiger partial charge in [-0.3, -0.25) is 14.9 Å². The fraction of sp³-hybridized carbons (Fsp3) is 0.379. The summed E-state index contributed by atoms with van der Waals surface area (Å²) in [5.74, 6) is 1.27. The molecule has 0 saturated heterocycles. The highest BCUT2D eigenvalue weighted by Crippen LogP contribution is 2.27. The summed E-state index contributed by atoms with van der Waals surface area (Å²) < 4.78 is 12.3. The van der Waals surface area contributed by atoms with Crippen LogP contribution in [0.3, 0.4) is 0 Å². The molecular weight excluding hydrogens is 496 g/mol. The molecule has 1 heterocycles. The number of aryl methyl sites for hydroxylation is 1. The molecule has 3 aromatic rings. The number of ether oxygens (including phenoxy) is 2. The van der Waals surface area contributed by atoms with E-state index in [2.05, 4.69) is 29.1 Å². The first-order chi connectivity index (χ1) is 18.7. The van der Waals surface area contributed by atoms with Crippen molar-refractivity contribution < 1.29 is 19.1 Å². The van der Waals surface area contributed by atoms with Crippen molar-refractivity contribution in [3.05, 3.63) is 77.9 Å². The van der Waals surface area contributed by atoms with E-state index in [1.807, 2.05) is 37.3 Å². The number of aromatic nitrogens is 2. The largest absolute Gasteiger partial charge is 0.493 e. The molecule has 0 radical (unpaired) electrons. The minimum absolute atomic E-state index is 0.0505. The summed E-state index contributed by atoms with van der Waals surface area (Å²) in [4.78, 5) is 35.5. The van der Waals surface area contributed by atoms with E-state index < -0.39 is 6.04 Å². The molecule has 0 aliphatic heterocycles. The summed E-state index contributed by atoms with van der Waals surface area (Å²) in [7, 11) is 3.08. The molecule has 2 atom stereocenters. The average molecular weight is 535 g/mol. The lowest BCUT2D eigenvalue weighted by atomic mass is 9.99. The van der Waals surface area contributed by atoms with Gasteiger partial charge in [0.2, 0.25) is 5.91 Å². The van der Waals surface area contributed by atoms with Gasteiger partial charge in [-0.05, 0) is 42.5 Å². The minimum atomic E-state index is -0.799. The topological polar surface area (TPSA) is 124 Å².